The van der Waals surface area contributed by atoms with Crippen LogP contribution in [0.15, 0.2) is 29.3 Å². The number of nitrogens with one attached hydrogen (secondary N) is 1. The van der Waals surface area contributed by atoms with E-state index < -0.39 is 0 Å². The van der Waals surface area contributed by atoms with Crippen LogP contribution in [0, 0.1) is 6.92 Å². The predicted octanol–water partition coefficient (Wildman–Crippen LogP) is 1.25. The molecule has 0 bridgehead atoms. The summed E-state index contributed by atoms with van der Waals surface area (Å²) in [5.74, 6) is 0.127. The summed E-state index contributed by atoms with van der Waals surface area (Å²) in [4.78, 5) is 34.3. The summed E-state index contributed by atoms with van der Waals surface area (Å²) in [6.07, 6.45) is 3.76. The molecular weight excluding hydrogens is 258 g/mol. The number of hydrogen-bond acceptors (Lipinski definition) is 5. The van der Waals surface area contributed by atoms with Gasteiger partial charge in [-0.3, -0.25) is 14.6 Å². The van der Waals surface area contributed by atoms with Gasteiger partial charge in [0.25, 0.3) is 5.56 Å². The maximum atomic E-state index is 12.1. The number of ether oxygens (including phenoxy) is 1. The van der Waals surface area contributed by atoms with E-state index in [1.54, 1.807) is 25.4 Å². The highest BCUT2D eigenvalue weighted by atomic mass is 16.5. The Kier molecular flexibility index (Phi) is 4.24. The summed E-state index contributed by atoms with van der Waals surface area (Å²) in [5.41, 5.74) is 1.62. The van der Waals surface area contributed by atoms with Crippen molar-refractivity contribution in [2.75, 3.05) is 7.11 Å². The smallest absolute Gasteiger partial charge is 0.305 e. The summed E-state index contributed by atoms with van der Waals surface area (Å²) in [5, 5.41) is 0. The molecule has 0 atom stereocenters. The molecule has 2 aromatic heterocycles. The van der Waals surface area contributed by atoms with E-state index >= 15 is 0 Å². The number of carbonyl (C=O) groups is 1. The number of nitrogens with zero attached hydrogens (tertiary/aromatic N) is 2. The van der Waals surface area contributed by atoms with Gasteiger partial charge in [0.1, 0.15) is 5.82 Å². The van der Waals surface area contributed by atoms with Gasteiger partial charge in [-0.2, -0.15) is 0 Å². The normalized spacial score (nSPS) is 10.3. The minimum absolute atomic E-state index is 0.161. The summed E-state index contributed by atoms with van der Waals surface area (Å²) < 4.78 is 4.56. The summed E-state index contributed by atoms with van der Waals surface area (Å²) in [6.45, 7) is 1.75. The molecule has 0 aliphatic rings. The first-order valence-electron chi connectivity index (χ1n) is 6.19. The second-order valence-electron chi connectivity index (χ2n) is 4.30. The van der Waals surface area contributed by atoms with Crippen LogP contribution in [-0.4, -0.2) is 28.0 Å². The van der Waals surface area contributed by atoms with Gasteiger partial charge in [-0.15, -0.1) is 0 Å². The fraction of sp³-hybridized carbons (Fsp3) is 0.286. The van der Waals surface area contributed by atoms with Crippen LogP contribution >= 0.6 is 0 Å². The van der Waals surface area contributed by atoms with Crippen molar-refractivity contribution in [3.63, 3.8) is 0 Å². The molecule has 0 fully saturated rings. The van der Waals surface area contributed by atoms with Gasteiger partial charge < -0.3 is 9.72 Å². The lowest BCUT2D eigenvalue weighted by Crippen LogP contribution is -2.18. The van der Waals surface area contributed by atoms with Gasteiger partial charge in [0.15, 0.2) is 0 Å². The number of H-pyrrole nitrogens is 1. The number of pyridine rings is 1. The number of esters is 1. The molecule has 0 aromatic carbocycles. The van der Waals surface area contributed by atoms with E-state index in [-0.39, 0.29) is 17.9 Å². The zero-order valence-electron chi connectivity index (χ0n) is 11.3. The Labute approximate surface area is 115 Å². The number of aryl methyl sites for hydroxylation is 1. The fourth-order valence-corrected chi connectivity index (χ4v) is 1.87. The van der Waals surface area contributed by atoms with Gasteiger partial charge in [0.05, 0.1) is 7.11 Å². The maximum Gasteiger partial charge on any atom is 0.305 e. The molecule has 0 aliphatic carbocycles. The molecule has 0 spiro atoms. The summed E-state index contributed by atoms with van der Waals surface area (Å²) >= 11 is 0. The lowest BCUT2D eigenvalue weighted by Gasteiger charge is -2.06. The van der Waals surface area contributed by atoms with Crippen molar-refractivity contribution in [2.45, 2.75) is 19.8 Å². The second kappa shape index (κ2) is 6.10. The van der Waals surface area contributed by atoms with Crippen molar-refractivity contribution >= 4 is 5.97 Å². The molecule has 2 rings (SSSR count). The molecule has 0 amide bonds. The van der Waals surface area contributed by atoms with Gasteiger partial charge in [0, 0.05) is 35.6 Å². The Morgan fingerprint density at radius 2 is 2.25 bits per heavy atom. The van der Waals surface area contributed by atoms with E-state index in [2.05, 4.69) is 19.7 Å². The number of rotatable bonds is 4. The third kappa shape index (κ3) is 3.09. The van der Waals surface area contributed by atoms with Gasteiger partial charge in [-0.25, -0.2) is 4.98 Å². The number of carbonyl (C=O) groups excluding carboxylic acids is 1. The minimum atomic E-state index is -0.347. The van der Waals surface area contributed by atoms with Crippen LogP contribution in [0.3, 0.4) is 0 Å². The first-order chi connectivity index (χ1) is 9.61. The zero-order chi connectivity index (χ0) is 14.5. The van der Waals surface area contributed by atoms with E-state index in [1.807, 2.05) is 6.07 Å². The molecule has 104 valence electrons. The van der Waals surface area contributed by atoms with E-state index in [9.17, 15) is 9.59 Å². The average Bonchev–Trinajstić information content (AvgIpc) is 2.46. The van der Waals surface area contributed by atoms with Gasteiger partial charge in [0.2, 0.25) is 0 Å². The van der Waals surface area contributed by atoms with Crippen molar-refractivity contribution in [1.82, 2.24) is 15.0 Å². The molecule has 0 unspecified atom stereocenters. The van der Waals surface area contributed by atoms with Gasteiger partial charge >= 0.3 is 5.97 Å². The topological polar surface area (TPSA) is 84.9 Å². The molecule has 1 N–H and O–H groups in total. The second-order valence-corrected chi connectivity index (χ2v) is 4.30. The molecule has 0 radical (unpaired) electrons. The molecular formula is C14H15N3O3. The lowest BCUT2D eigenvalue weighted by atomic mass is 10.1. The van der Waals surface area contributed by atoms with Crippen molar-refractivity contribution in [2.24, 2.45) is 0 Å². The van der Waals surface area contributed by atoms with Gasteiger partial charge in [-0.1, -0.05) is 0 Å². The van der Waals surface area contributed by atoms with Crippen molar-refractivity contribution in [3.8, 4) is 11.4 Å². The number of aromatic amines is 1. The Hall–Kier alpha value is -2.50. The van der Waals surface area contributed by atoms with E-state index in [1.165, 1.54) is 7.11 Å². The summed E-state index contributed by atoms with van der Waals surface area (Å²) in [6, 6.07) is 3.59. The highest BCUT2D eigenvalue weighted by Crippen LogP contribution is 2.13. The third-order valence-corrected chi connectivity index (χ3v) is 2.96. The van der Waals surface area contributed by atoms with Crippen LogP contribution in [0.5, 0.6) is 0 Å². The van der Waals surface area contributed by atoms with Crippen molar-refractivity contribution < 1.29 is 9.53 Å². The molecule has 20 heavy (non-hydrogen) atoms. The Morgan fingerprint density at radius 3 is 2.85 bits per heavy atom. The van der Waals surface area contributed by atoms with E-state index in [0.717, 1.165) is 5.56 Å². The van der Waals surface area contributed by atoms with Crippen LogP contribution in [0.2, 0.25) is 0 Å². The molecule has 0 aliphatic heterocycles. The van der Waals surface area contributed by atoms with Crippen LogP contribution in [0.4, 0.5) is 0 Å². The Bertz CT molecular complexity index is 665. The number of aromatic nitrogens is 3. The highest BCUT2D eigenvalue weighted by Gasteiger charge is 2.11. The van der Waals surface area contributed by atoms with Crippen LogP contribution in [-0.2, 0) is 16.0 Å². The first-order valence-corrected chi connectivity index (χ1v) is 6.19. The minimum Gasteiger partial charge on any atom is -0.469 e. The fourth-order valence-electron chi connectivity index (χ4n) is 1.87. The number of hydrogen-bond donors (Lipinski definition) is 1. The Morgan fingerprint density at radius 1 is 1.45 bits per heavy atom. The first kappa shape index (κ1) is 13.9. The van der Waals surface area contributed by atoms with Crippen LogP contribution in [0.1, 0.15) is 17.7 Å². The standard InChI is InChI=1S/C14H15N3O3/c1-9-11(5-6-12(18)20-2)14(19)17-13(16-9)10-4-3-7-15-8-10/h3-4,7-8H,5-6H2,1-2H3,(H,16,17,19). The third-order valence-electron chi connectivity index (χ3n) is 2.96. The highest BCUT2D eigenvalue weighted by molar-refractivity contribution is 5.69. The van der Waals surface area contributed by atoms with Crippen molar-refractivity contribution in [3.05, 3.63) is 46.1 Å². The summed E-state index contributed by atoms with van der Waals surface area (Å²) in [7, 11) is 1.32. The van der Waals surface area contributed by atoms with E-state index in [0.29, 0.717) is 23.5 Å². The quantitative estimate of drug-likeness (QED) is 0.847. The average molecular weight is 273 g/mol. The largest absolute Gasteiger partial charge is 0.469 e. The molecule has 0 saturated heterocycles. The van der Waals surface area contributed by atoms with Crippen LogP contribution in [0.25, 0.3) is 11.4 Å². The maximum absolute atomic E-state index is 12.1. The lowest BCUT2D eigenvalue weighted by molar-refractivity contribution is -0.140. The predicted molar refractivity (Wildman–Crippen MR) is 73.2 cm³/mol. The number of methoxy groups -OCH3 is 1. The Balaban J connectivity index is 2.30. The van der Waals surface area contributed by atoms with Gasteiger partial charge in [-0.05, 0) is 25.5 Å². The molecule has 6 heteroatoms. The SMILES string of the molecule is COC(=O)CCc1c(C)nc(-c2cccnc2)[nH]c1=O. The van der Waals surface area contributed by atoms with E-state index in [4.69, 9.17) is 0 Å². The molecule has 2 heterocycles. The molecule has 0 saturated carbocycles. The zero-order valence-corrected chi connectivity index (χ0v) is 11.3. The monoisotopic (exact) mass is 273 g/mol. The van der Waals surface area contributed by atoms with Crippen molar-refractivity contribution in [1.29, 1.82) is 0 Å². The van der Waals surface area contributed by atoms with Crippen LogP contribution < -0.4 is 5.56 Å². The molecule has 2 aromatic rings. The molecule has 6 nitrogen and oxygen atoms in total.